The van der Waals surface area contributed by atoms with E-state index in [1.54, 1.807) is 19.0 Å². The summed E-state index contributed by atoms with van der Waals surface area (Å²) in [6, 6.07) is 0.146. The van der Waals surface area contributed by atoms with Crippen molar-refractivity contribution in [2.45, 2.75) is 0 Å². The van der Waals surface area contributed by atoms with Gasteiger partial charge in [0.25, 0.3) is 0 Å². The van der Waals surface area contributed by atoms with E-state index < -0.39 is 0 Å². The quantitative estimate of drug-likeness (QED) is 0.534. The molecule has 0 unspecified atom stereocenters. The lowest BCUT2D eigenvalue weighted by molar-refractivity contribution is -0.0178. The van der Waals surface area contributed by atoms with E-state index in [2.05, 4.69) is 5.32 Å². The van der Waals surface area contributed by atoms with Crippen molar-refractivity contribution < 1.29 is 4.79 Å². The van der Waals surface area contributed by atoms with Crippen molar-refractivity contribution in [2.75, 3.05) is 40.3 Å². The Kier molecular flexibility index (Phi) is 1.54. The fourth-order valence-corrected chi connectivity index (χ4v) is 1.88. The van der Waals surface area contributed by atoms with E-state index in [-0.39, 0.29) is 6.03 Å². The van der Waals surface area contributed by atoms with Gasteiger partial charge in [-0.1, -0.05) is 0 Å². The highest BCUT2D eigenvalue weighted by Gasteiger charge is 2.49. The molecule has 2 aliphatic rings. The first-order chi connectivity index (χ1) is 5.63. The Morgan fingerprint density at radius 2 is 2.00 bits per heavy atom. The molecule has 0 aromatic rings. The second-order valence-corrected chi connectivity index (χ2v) is 4.14. The molecule has 4 heteroatoms. The zero-order valence-corrected chi connectivity index (χ0v) is 7.63. The highest BCUT2D eigenvalue weighted by molar-refractivity contribution is 5.75. The van der Waals surface area contributed by atoms with Gasteiger partial charge in [0.15, 0.2) is 0 Å². The molecule has 4 nitrogen and oxygen atoms in total. The number of carbonyl (C=O) groups excluding carboxylic acids is 1. The summed E-state index contributed by atoms with van der Waals surface area (Å²) in [6.07, 6.45) is 0. The van der Waals surface area contributed by atoms with E-state index in [1.165, 1.54) is 0 Å². The largest absolute Gasteiger partial charge is 0.331 e. The molecule has 2 amide bonds. The Balaban J connectivity index is 1.84. The highest BCUT2D eigenvalue weighted by Crippen LogP contribution is 2.34. The summed E-state index contributed by atoms with van der Waals surface area (Å²) in [6.45, 7) is 4.06. The second kappa shape index (κ2) is 2.36. The zero-order chi connectivity index (χ0) is 8.77. The fraction of sp³-hybridized carbons (Fsp3) is 0.875. The van der Waals surface area contributed by atoms with Crippen molar-refractivity contribution in [2.24, 2.45) is 5.41 Å². The van der Waals surface area contributed by atoms with Crippen molar-refractivity contribution >= 4 is 6.03 Å². The molecule has 2 aliphatic heterocycles. The number of hydrogen-bond acceptors (Lipinski definition) is 2. The molecule has 0 aliphatic carbocycles. The van der Waals surface area contributed by atoms with Gasteiger partial charge in [-0.05, 0) is 0 Å². The molecule has 0 aromatic heterocycles. The van der Waals surface area contributed by atoms with Crippen LogP contribution in [0.3, 0.4) is 0 Å². The number of urea groups is 1. The van der Waals surface area contributed by atoms with Crippen molar-refractivity contribution in [1.29, 1.82) is 0 Å². The van der Waals surface area contributed by atoms with Gasteiger partial charge >= 0.3 is 6.03 Å². The summed E-state index contributed by atoms with van der Waals surface area (Å²) in [5, 5.41) is 3.24. The first-order valence-corrected chi connectivity index (χ1v) is 4.30. The minimum atomic E-state index is 0.146. The van der Waals surface area contributed by atoms with Crippen LogP contribution in [-0.2, 0) is 0 Å². The lowest BCUT2D eigenvalue weighted by atomic mass is 9.75. The third-order valence-electron chi connectivity index (χ3n) is 2.71. The van der Waals surface area contributed by atoms with Crippen LogP contribution in [0.25, 0.3) is 0 Å². The van der Waals surface area contributed by atoms with Gasteiger partial charge in [-0.25, -0.2) is 4.79 Å². The Morgan fingerprint density at radius 3 is 2.33 bits per heavy atom. The first-order valence-electron chi connectivity index (χ1n) is 4.30. The third kappa shape index (κ3) is 0.982. The van der Waals surface area contributed by atoms with Gasteiger partial charge in [0.2, 0.25) is 0 Å². The summed E-state index contributed by atoms with van der Waals surface area (Å²) in [4.78, 5) is 14.9. The fourth-order valence-electron chi connectivity index (χ4n) is 1.88. The molecule has 2 rings (SSSR count). The minimum absolute atomic E-state index is 0.146. The van der Waals surface area contributed by atoms with Crippen LogP contribution >= 0.6 is 0 Å². The molecule has 0 bridgehead atoms. The number of amides is 2. The zero-order valence-electron chi connectivity index (χ0n) is 7.63. The van der Waals surface area contributed by atoms with E-state index in [1.807, 2.05) is 4.90 Å². The molecule has 0 saturated carbocycles. The topological polar surface area (TPSA) is 35.6 Å². The molecule has 0 atom stereocenters. The second-order valence-electron chi connectivity index (χ2n) is 4.14. The van der Waals surface area contributed by atoms with Crippen molar-refractivity contribution in [3.05, 3.63) is 0 Å². The maximum absolute atomic E-state index is 11.4. The summed E-state index contributed by atoms with van der Waals surface area (Å²) in [5.41, 5.74) is 0.450. The summed E-state index contributed by atoms with van der Waals surface area (Å²) >= 11 is 0. The van der Waals surface area contributed by atoms with Gasteiger partial charge in [-0.2, -0.15) is 0 Å². The highest BCUT2D eigenvalue weighted by atomic mass is 16.2. The lowest BCUT2D eigenvalue weighted by Gasteiger charge is -2.56. The van der Waals surface area contributed by atoms with Crippen molar-refractivity contribution in [3.63, 3.8) is 0 Å². The lowest BCUT2D eigenvalue weighted by Crippen LogP contribution is -2.72. The van der Waals surface area contributed by atoms with Gasteiger partial charge in [0.05, 0.1) is 0 Å². The molecule has 68 valence electrons. The molecule has 0 aromatic carbocycles. The van der Waals surface area contributed by atoms with Crippen LogP contribution < -0.4 is 5.32 Å². The number of rotatable bonds is 0. The summed E-state index contributed by atoms with van der Waals surface area (Å²) < 4.78 is 0. The number of nitrogens with one attached hydrogen (secondary N) is 1. The van der Waals surface area contributed by atoms with Crippen LogP contribution in [0.5, 0.6) is 0 Å². The summed E-state index contributed by atoms with van der Waals surface area (Å²) in [5.74, 6) is 0. The van der Waals surface area contributed by atoms with Crippen LogP contribution in [0.4, 0.5) is 4.79 Å². The van der Waals surface area contributed by atoms with Crippen LogP contribution in [0.2, 0.25) is 0 Å². The molecule has 2 saturated heterocycles. The van der Waals surface area contributed by atoms with Crippen molar-refractivity contribution in [3.8, 4) is 0 Å². The van der Waals surface area contributed by atoms with E-state index in [0.29, 0.717) is 5.41 Å². The molecule has 2 fully saturated rings. The van der Waals surface area contributed by atoms with E-state index in [4.69, 9.17) is 0 Å². The minimum Gasteiger partial charge on any atom is -0.331 e. The Hall–Kier alpha value is -0.770. The molecule has 1 N–H and O–H groups in total. The number of nitrogens with zero attached hydrogens (tertiary/aromatic N) is 2. The number of likely N-dealkylation sites (tertiary alicyclic amines) is 1. The van der Waals surface area contributed by atoms with Gasteiger partial charge in [-0.3, -0.25) is 0 Å². The van der Waals surface area contributed by atoms with Gasteiger partial charge < -0.3 is 15.1 Å². The normalized spacial score (nSPS) is 24.7. The molecule has 2 heterocycles. The summed E-state index contributed by atoms with van der Waals surface area (Å²) in [7, 11) is 3.60. The Bertz CT molecular complexity index is 202. The predicted octanol–water partition coefficient (Wildman–Crippen LogP) is -0.427. The molecular formula is C8H15N3O. The standard InChI is InChI=1S/C8H15N3O/c1-10(2)7(12)11-5-8(6-11)3-9-4-8/h9H,3-6H2,1-2H3. The average Bonchev–Trinajstić information content (AvgIpc) is 1.80. The smallest absolute Gasteiger partial charge is 0.319 e. The van der Waals surface area contributed by atoms with Crippen LogP contribution in [0, 0.1) is 5.41 Å². The van der Waals surface area contributed by atoms with Gasteiger partial charge in [-0.15, -0.1) is 0 Å². The SMILES string of the molecule is CN(C)C(=O)N1CC2(CNC2)C1. The number of hydrogen-bond donors (Lipinski definition) is 1. The predicted molar refractivity (Wildman–Crippen MR) is 46.0 cm³/mol. The Labute approximate surface area is 72.5 Å². The molecule has 1 spiro atoms. The van der Waals surface area contributed by atoms with Crippen LogP contribution in [0.15, 0.2) is 0 Å². The molecular weight excluding hydrogens is 154 g/mol. The maximum atomic E-state index is 11.4. The van der Waals surface area contributed by atoms with E-state index in [0.717, 1.165) is 26.2 Å². The molecule has 12 heavy (non-hydrogen) atoms. The number of carbonyl (C=O) groups is 1. The van der Waals surface area contributed by atoms with Gasteiger partial charge in [0.1, 0.15) is 0 Å². The van der Waals surface area contributed by atoms with Crippen LogP contribution in [0.1, 0.15) is 0 Å². The monoisotopic (exact) mass is 169 g/mol. The van der Waals surface area contributed by atoms with Gasteiger partial charge in [0, 0.05) is 45.7 Å². The van der Waals surface area contributed by atoms with E-state index >= 15 is 0 Å². The van der Waals surface area contributed by atoms with E-state index in [9.17, 15) is 4.79 Å². The Morgan fingerprint density at radius 1 is 1.42 bits per heavy atom. The average molecular weight is 169 g/mol. The first kappa shape index (κ1) is 7.86. The van der Waals surface area contributed by atoms with Crippen LogP contribution in [-0.4, -0.2) is 56.1 Å². The third-order valence-corrected chi connectivity index (χ3v) is 2.71. The molecule has 0 radical (unpaired) electrons. The van der Waals surface area contributed by atoms with Crippen molar-refractivity contribution in [1.82, 2.24) is 15.1 Å². The maximum Gasteiger partial charge on any atom is 0.319 e.